The molecule has 32 heavy (non-hydrogen) atoms. The van der Waals surface area contributed by atoms with Gasteiger partial charge in [-0.3, -0.25) is 4.79 Å². The smallest absolute Gasteiger partial charge is 0.133 e. The number of ether oxygens (including phenoxy) is 1. The van der Waals surface area contributed by atoms with Crippen molar-refractivity contribution in [3.8, 4) is 0 Å². The molecule has 0 bridgehead atoms. The largest absolute Gasteiger partial charge is 0.373 e. The molecular weight excluding hydrogens is 394 g/mol. The van der Waals surface area contributed by atoms with Gasteiger partial charge in [-0.15, -0.1) is 0 Å². The average molecular weight is 442 g/mol. The Labute approximate surface area is 196 Å². The first kappa shape index (κ1) is 23.1. The fraction of sp³-hybridized carbons (Fsp3) is 0.897. The van der Waals surface area contributed by atoms with Gasteiger partial charge in [-0.2, -0.15) is 0 Å². The first-order valence-electron chi connectivity index (χ1n) is 13.8. The number of allylic oxidation sites excluding steroid dienone is 1. The van der Waals surface area contributed by atoms with E-state index in [1.54, 1.807) is 5.57 Å². The molecule has 3 heteroatoms. The van der Waals surface area contributed by atoms with Crippen molar-refractivity contribution in [3.63, 3.8) is 0 Å². The van der Waals surface area contributed by atoms with Gasteiger partial charge in [-0.1, -0.05) is 45.3 Å². The van der Waals surface area contributed by atoms with Crippen LogP contribution in [0.1, 0.15) is 98.8 Å². The molecule has 1 aliphatic heterocycles. The standard InChI is InChI=1S/C29H47NO2/c1-6-18(2)16-30-27-17-32-29(20(27)4)12-10-23-24-8-7-21-13-22(31)9-11-28(21,5)26(24)14-25(23)19(3)15-29/h18,20-21,23-24,26-27,30H,6-17H2,1-5H3/t18-,20+,21+,23-,24-,26-,27+,28-,29-/m0/s1. The van der Waals surface area contributed by atoms with E-state index in [-0.39, 0.29) is 5.60 Å². The average Bonchev–Trinajstić information content (AvgIpc) is 3.25. The Balaban J connectivity index is 1.34. The summed E-state index contributed by atoms with van der Waals surface area (Å²) in [5.41, 5.74) is 3.91. The van der Waals surface area contributed by atoms with Crippen molar-refractivity contribution < 1.29 is 9.53 Å². The minimum Gasteiger partial charge on any atom is -0.373 e. The van der Waals surface area contributed by atoms with E-state index in [2.05, 4.69) is 39.9 Å². The summed E-state index contributed by atoms with van der Waals surface area (Å²) in [5.74, 6) is 4.92. The molecule has 1 N–H and O–H groups in total. The molecular formula is C29H47NO2. The maximum absolute atomic E-state index is 12.2. The minimum absolute atomic E-state index is 0.0440. The SMILES string of the molecule is CC[C@H](C)CN[C@@H]1CO[C@]2(CC[C@@H]3C(=C(C)C2)C[C@H]2[C@H]3CC[C@@H]3CC(=O)CC[C@@]32C)[C@@H]1C. The molecule has 3 nitrogen and oxygen atoms in total. The number of Topliss-reactive ketones (excluding diaryl/α,β-unsaturated/α-hetero) is 1. The maximum Gasteiger partial charge on any atom is 0.133 e. The van der Waals surface area contributed by atoms with Crippen LogP contribution >= 0.6 is 0 Å². The lowest BCUT2D eigenvalue weighted by Gasteiger charge is -2.52. The van der Waals surface area contributed by atoms with E-state index in [0.717, 1.165) is 62.5 Å². The van der Waals surface area contributed by atoms with Crippen LogP contribution in [0.25, 0.3) is 0 Å². The third-order valence-corrected chi connectivity index (χ3v) is 11.4. The number of carbonyl (C=O) groups excluding carboxylic acids is 1. The molecule has 1 spiro atoms. The first-order chi connectivity index (χ1) is 15.3. The summed E-state index contributed by atoms with van der Waals surface area (Å²) in [5, 5.41) is 3.86. The lowest BCUT2D eigenvalue weighted by molar-refractivity contribution is -0.129. The third kappa shape index (κ3) is 3.65. The van der Waals surface area contributed by atoms with Crippen LogP contribution in [0.15, 0.2) is 11.1 Å². The van der Waals surface area contributed by atoms with Crippen molar-refractivity contribution in [2.24, 2.45) is 40.9 Å². The molecule has 0 radical (unpaired) electrons. The zero-order chi connectivity index (χ0) is 22.7. The Morgan fingerprint density at radius 3 is 2.78 bits per heavy atom. The van der Waals surface area contributed by atoms with Crippen LogP contribution in [0, 0.1) is 40.9 Å². The van der Waals surface area contributed by atoms with Crippen LogP contribution in [-0.2, 0) is 9.53 Å². The van der Waals surface area contributed by atoms with Gasteiger partial charge in [0.15, 0.2) is 0 Å². The number of hydrogen-bond donors (Lipinski definition) is 1. The van der Waals surface area contributed by atoms with Crippen LogP contribution in [0.3, 0.4) is 0 Å². The Morgan fingerprint density at radius 2 is 2.00 bits per heavy atom. The third-order valence-electron chi connectivity index (χ3n) is 11.4. The first-order valence-corrected chi connectivity index (χ1v) is 13.8. The summed E-state index contributed by atoms with van der Waals surface area (Å²) < 4.78 is 6.71. The van der Waals surface area contributed by atoms with E-state index in [9.17, 15) is 4.79 Å². The van der Waals surface area contributed by atoms with Gasteiger partial charge in [-0.25, -0.2) is 0 Å². The Morgan fingerprint density at radius 1 is 1.19 bits per heavy atom. The fourth-order valence-corrected chi connectivity index (χ4v) is 8.81. The van der Waals surface area contributed by atoms with Crippen LogP contribution in [0.4, 0.5) is 0 Å². The van der Waals surface area contributed by atoms with Gasteiger partial charge in [0.1, 0.15) is 5.78 Å². The van der Waals surface area contributed by atoms with E-state index in [0.29, 0.717) is 29.1 Å². The summed E-state index contributed by atoms with van der Waals surface area (Å²) in [6.45, 7) is 14.1. The minimum atomic E-state index is 0.0440. The van der Waals surface area contributed by atoms with E-state index < -0.39 is 0 Å². The predicted molar refractivity (Wildman–Crippen MR) is 130 cm³/mol. The van der Waals surface area contributed by atoms with Gasteiger partial charge in [0.25, 0.3) is 0 Å². The van der Waals surface area contributed by atoms with Crippen LogP contribution in [0.5, 0.6) is 0 Å². The second-order valence-electron chi connectivity index (χ2n) is 12.8. The molecule has 0 unspecified atom stereocenters. The van der Waals surface area contributed by atoms with Crippen molar-refractivity contribution in [2.45, 2.75) is 110 Å². The monoisotopic (exact) mass is 441 g/mol. The highest BCUT2D eigenvalue weighted by molar-refractivity contribution is 5.79. The van der Waals surface area contributed by atoms with E-state index in [4.69, 9.17) is 4.74 Å². The molecule has 0 aromatic carbocycles. The Bertz CT molecular complexity index is 773. The van der Waals surface area contributed by atoms with Gasteiger partial charge >= 0.3 is 0 Å². The molecule has 9 atom stereocenters. The summed E-state index contributed by atoms with van der Waals surface area (Å²) >= 11 is 0. The zero-order valence-corrected chi connectivity index (χ0v) is 21.3. The number of carbonyl (C=O) groups is 1. The van der Waals surface area contributed by atoms with Crippen LogP contribution < -0.4 is 5.32 Å². The molecule has 5 aliphatic rings. The van der Waals surface area contributed by atoms with Crippen LogP contribution in [0.2, 0.25) is 0 Å². The fourth-order valence-electron chi connectivity index (χ4n) is 8.81. The lowest BCUT2D eigenvalue weighted by atomic mass is 9.52. The number of rotatable bonds is 4. The molecule has 0 aromatic rings. The van der Waals surface area contributed by atoms with Crippen LogP contribution in [-0.4, -0.2) is 30.6 Å². The lowest BCUT2D eigenvalue weighted by Crippen LogP contribution is -2.46. The molecule has 180 valence electrons. The van der Waals surface area contributed by atoms with Crippen molar-refractivity contribution in [1.82, 2.24) is 5.32 Å². The number of hydrogen-bond acceptors (Lipinski definition) is 3. The topological polar surface area (TPSA) is 38.3 Å². The molecule has 4 aliphatic carbocycles. The van der Waals surface area contributed by atoms with Gasteiger partial charge in [0, 0.05) is 24.8 Å². The maximum atomic E-state index is 12.2. The van der Waals surface area contributed by atoms with Gasteiger partial charge in [-0.05, 0) is 93.4 Å². The molecule has 4 fully saturated rings. The molecule has 0 aromatic heterocycles. The zero-order valence-electron chi connectivity index (χ0n) is 21.3. The van der Waals surface area contributed by atoms with E-state index >= 15 is 0 Å². The highest BCUT2D eigenvalue weighted by Crippen LogP contribution is 2.64. The highest BCUT2D eigenvalue weighted by Gasteiger charge is 2.57. The summed E-state index contributed by atoms with van der Waals surface area (Å²) in [7, 11) is 0. The second kappa shape index (κ2) is 8.52. The van der Waals surface area contributed by atoms with E-state index in [1.807, 2.05) is 5.57 Å². The molecule has 1 heterocycles. The summed E-state index contributed by atoms with van der Waals surface area (Å²) in [6, 6.07) is 0.501. The number of fused-ring (bicyclic) bond motifs is 5. The summed E-state index contributed by atoms with van der Waals surface area (Å²) in [6.07, 6.45) is 11.7. The predicted octanol–water partition coefficient (Wildman–Crippen LogP) is 6.32. The molecule has 0 amide bonds. The number of nitrogens with one attached hydrogen (secondary N) is 1. The van der Waals surface area contributed by atoms with Gasteiger partial charge in [0.05, 0.1) is 12.2 Å². The summed E-state index contributed by atoms with van der Waals surface area (Å²) in [4.78, 5) is 12.2. The second-order valence-corrected chi connectivity index (χ2v) is 12.8. The van der Waals surface area contributed by atoms with Crippen molar-refractivity contribution in [2.75, 3.05) is 13.2 Å². The number of ketones is 1. The highest BCUT2D eigenvalue weighted by atomic mass is 16.5. The Hall–Kier alpha value is -0.670. The molecule has 5 rings (SSSR count). The quantitative estimate of drug-likeness (QED) is 0.519. The van der Waals surface area contributed by atoms with Gasteiger partial charge < -0.3 is 10.1 Å². The van der Waals surface area contributed by atoms with Crippen molar-refractivity contribution in [3.05, 3.63) is 11.1 Å². The van der Waals surface area contributed by atoms with Crippen molar-refractivity contribution in [1.29, 1.82) is 0 Å². The molecule has 1 saturated heterocycles. The van der Waals surface area contributed by atoms with E-state index in [1.165, 1.54) is 38.5 Å². The van der Waals surface area contributed by atoms with Gasteiger partial charge in [0.2, 0.25) is 0 Å². The normalized spacial score (nSPS) is 47.2. The molecule has 3 saturated carbocycles. The van der Waals surface area contributed by atoms with Crippen molar-refractivity contribution >= 4 is 5.78 Å². The Kier molecular flexibility index (Phi) is 6.15.